The molecule has 1 heterocycles. The van der Waals surface area contributed by atoms with Crippen LogP contribution in [0.15, 0.2) is 47.6 Å². The van der Waals surface area contributed by atoms with Crippen molar-refractivity contribution in [3.63, 3.8) is 0 Å². The summed E-state index contributed by atoms with van der Waals surface area (Å²) in [7, 11) is 5.78. The molecule has 0 spiro atoms. The van der Waals surface area contributed by atoms with Crippen LogP contribution in [0.3, 0.4) is 0 Å². The first-order valence-corrected chi connectivity index (χ1v) is 8.95. The molecule has 0 aliphatic heterocycles. The average molecular weight is 504 g/mol. The Morgan fingerprint density at radius 3 is 2.56 bits per heavy atom. The number of carbonyl (C=O) groups is 1. The average Bonchev–Trinajstić information content (AvgIpc) is 3.01. The summed E-state index contributed by atoms with van der Waals surface area (Å²) in [6.45, 7) is 1.44. The number of hydrogen-bond donors (Lipinski definition) is 2. The van der Waals surface area contributed by atoms with Crippen molar-refractivity contribution in [1.29, 1.82) is 0 Å². The van der Waals surface area contributed by atoms with Crippen molar-refractivity contribution < 1.29 is 4.79 Å². The number of carbonyl (C=O) groups excluding carboxylic acids is 1. The second-order valence-corrected chi connectivity index (χ2v) is 6.54. The summed E-state index contributed by atoms with van der Waals surface area (Å²) in [4.78, 5) is 18.3. The van der Waals surface area contributed by atoms with Gasteiger partial charge in [0.1, 0.15) is 0 Å². The molecule has 1 aromatic carbocycles. The number of halogens is 2. The Kier molecular flexibility index (Phi) is 10.2. The molecule has 0 aliphatic rings. The fourth-order valence-electron chi connectivity index (χ4n) is 2.57. The molecule has 8 heteroatoms. The maximum Gasteiger partial charge on any atom is 0.224 e. The normalized spacial score (nSPS) is 10.9. The molecule has 0 saturated heterocycles. The number of amides is 1. The lowest BCUT2D eigenvalue weighted by atomic mass is 10.2. The van der Waals surface area contributed by atoms with Gasteiger partial charge in [0.15, 0.2) is 5.96 Å². The van der Waals surface area contributed by atoms with Crippen molar-refractivity contribution in [1.82, 2.24) is 14.8 Å². The van der Waals surface area contributed by atoms with Crippen LogP contribution in [0, 0.1) is 0 Å². The van der Waals surface area contributed by atoms with Crippen molar-refractivity contribution in [2.45, 2.75) is 19.4 Å². The van der Waals surface area contributed by atoms with Crippen molar-refractivity contribution in [2.75, 3.05) is 26.0 Å². The highest BCUT2D eigenvalue weighted by molar-refractivity contribution is 14.0. The van der Waals surface area contributed by atoms with Gasteiger partial charge in [-0.1, -0.05) is 11.6 Å². The molecule has 2 aromatic rings. The number of nitrogens with one attached hydrogen (secondary N) is 2. The summed E-state index contributed by atoms with van der Waals surface area (Å²) < 4.78 is 2.09. The molecular weight excluding hydrogens is 477 g/mol. The lowest BCUT2D eigenvalue weighted by molar-refractivity contribution is -0.116. The highest BCUT2D eigenvalue weighted by Gasteiger charge is 2.08. The SMILES string of the molecule is CN=C(NCCCC(=O)Nc1ccc(Cl)cc1)N(C)Cc1cccn1C.I. The molecule has 0 unspecified atom stereocenters. The molecule has 6 nitrogen and oxygen atoms in total. The van der Waals surface area contributed by atoms with Gasteiger partial charge in [-0.25, -0.2) is 0 Å². The molecule has 1 amide bonds. The van der Waals surface area contributed by atoms with E-state index in [1.807, 2.05) is 26.4 Å². The summed E-state index contributed by atoms with van der Waals surface area (Å²) in [5.74, 6) is 0.797. The van der Waals surface area contributed by atoms with E-state index in [-0.39, 0.29) is 29.9 Å². The van der Waals surface area contributed by atoms with Gasteiger partial charge >= 0.3 is 0 Å². The molecule has 0 atom stereocenters. The van der Waals surface area contributed by atoms with Gasteiger partial charge in [0.25, 0.3) is 0 Å². The Bertz CT molecular complexity index is 745. The molecule has 0 fully saturated rings. The molecule has 0 bridgehead atoms. The van der Waals surface area contributed by atoms with Gasteiger partial charge < -0.3 is 20.1 Å². The van der Waals surface area contributed by atoms with Gasteiger partial charge in [0, 0.05) is 56.7 Å². The monoisotopic (exact) mass is 503 g/mol. The molecule has 148 valence electrons. The summed E-state index contributed by atoms with van der Waals surface area (Å²) in [6.07, 6.45) is 3.18. The zero-order valence-electron chi connectivity index (χ0n) is 15.9. The minimum Gasteiger partial charge on any atom is -0.356 e. The molecule has 0 saturated carbocycles. The van der Waals surface area contributed by atoms with Crippen LogP contribution in [0.1, 0.15) is 18.5 Å². The largest absolute Gasteiger partial charge is 0.356 e. The van der Waals surface area contributed by atoms with Gasteiger partial charge in [-0.2, -0.15) is 0 Å². The van der Waals surface area contributed by atoms with Crippen LogP contribution in [0.25, 0.3) is 0 Å². The second kappa shape index (κ2) is 11.9. The third-order valence-corrected chi connectivity index (χ3v) is 4.27. The number of aryl methyl sites for hydroxylation is 1. The smallest absolute Gasteiger partial charge is 0.224 e. The Morgan fingerprint density at radius 1 is 1.26 bits per heavy atom. The zero-order chi connectivity index (χ0) is 18.9. The maximum absolute atomic E-state index is 12.0. The third-order valence-electron chi connectivity index (χ3n) is 4.02. The Balaban J connectivity index is 0.00000364. The molecule has 27 heavy (non-hydrogen) atoms. The van der Waals surface area contributed by atoms with Crippen LogP contribution >= 0.6 is 35.6 Å². The molecular formula is C19H27ClIN5O. The lowest BCUT2D eigenvalue weighted by Gasteiger charge is -2.22. The van der Waals surface area contributed by atoms with E-state index in [4.69, 9.17) is 11.6 Å². The first kappa shape index (κ1) is 23.3. The third kappa shape index (κ3) is 7.80. The highest BCUT2D eigenvalue weighted by atomic mass is 127. The van der Waals surface area contributed by atoms with Crippen molar-refractivity contribution in [2.24, 2.45) is 12.0 Å². The fourth-order valence-corrected chi connectivity index (χ4v) is 2.70. The first-order valence-electron chi connectivity index (χ1n) is 8.57. The van der Waals surface area contributed by atoms with E-state index in [1.54, 1.807) is 31.3 Å². The molecule has 0 aliphatic carbocycles. The number of benzene rings is 1. The number of rotatable bonds is 7. The standard InChI is InChI=1S/C19H26ClN5O.HI/c1-21-19(25(3)14-17-6-5-13-24(17)2)22-12-4-7-18(26)23-16-10-8-15(20)9-11-16;/h5-6,8-11,13H,4,7,12,14H2,1-3H3,(H,21,22)(H,23,26);1H. The summed E-state index contributed by atoms with van der Waals surface area (Å²) in [6, 6.07) is 11.2. The van der Waals surface area contributed by atoms with Crippen molar-refractivity contribution >= 4 is 53.1 Å². The van der Waals surface area contributed by atoms with Crippen LogP contribution in [0.5, 0.6) is 0 Å². The topological polar surface area (TPSA) is 61.7 Å². The molecule has 2 N–H and O–H groups in total. The quantitative estimate of drug-likeness (QED) is 0.262. The summed E-state index contributed by atoms with van der Waals surface area (Å²) in [5, 5.41) is 6.81. The minimum absolute atomic E-state index is 0. The predicted molar refractivity (Wildman–Crippen MR) is 123 cm³/mol. The molecule has 0 radical (unpaired) electrons. The van der Waals surface area contributed by atoms with Gasteiger partial charge in [-0.3, -0.25) is 9.79 Å². The number of hydrogen-bond acceptors (Lipinski definition) is 2. The van der Waals surface area contributed by atoms with Crippen LogP contribution in [-0.4, -0.2) is 42.0 Å². The first-order chi connectivity index (χ1) is 12.5. The minimum atomic E-state index is -0.0127. The number of aliphatic imine (C=N–C) groups is 1. The number of nitrogens with zero attached hydrogens (tertiary/aromatic N) is 3. The van der Waals surface area contributed by atoms with Crippen LogP contribution in [0.2, 0.25) is 5.02 Å². The van der Waals surface area contributed by atoms with E-state index in [9.17, 15) is 4.79 Å². The fraction of sp³-hybridized carbons (Fsp3) is 0.368. The Morgan fingerprint density at radius 2 is 1.96 bits per heavy atom. The number of aromatic nitrogens is 1. The van der Waals surface area contributed by atoms with Gasteiger partial charge in [-0.05, 0) is 42.8 Å². The van der Waals surface area contributed by atoms with E-state index < -0.39 is 0 Å². The Labute approximate surface area is 183 Å². The van der Waals surface area contributed by atoms with E-state index in [2.05, 4.69) is 31.2 Å². The van der Waals surface area contributed by atoms with Crippen LogP contribution < -0.4 is 10.6 Å². The maximum atomic E-state index is 12.0. The van der Waals surface area contributed by atoms with Gasteiger partial charge in [-0.15, -0.1) is 24.0 Å². The predicted octanol–water partition coefficient (Wildman–Crippen LogP) is 3.72. The summed E-state index contributed by atoms with van der Waals surface area (Å²) in [5.41, 5.74) is 1.96. The van der Waals surface area contributed by atoms with E-state index >= 15 is 0 Å². The van der Waals surface area contributed by atoms with Crippen molar-refractivity contribution in [3.8, 4) is 0 Å². The van der Waals surface area contributed by atoms with Gasteiger partial charge in [0.05, 0.1) is 6.54 Å². The lowest BCUT2D eigenvalue weighted by Crippen LogP contribution is -2.39. The highest BCUT2D eigenvalue weighted by Crippen LogP contribution is 2.13. The Hall–Kier alpha value is -1.74. The van der Waals surface area contributed by atoms with Gasteiger partial charge in [0.2, 0.25) is 5.91 Å². The van der Waals surface area contributed by atoms with Crippen LogP contribution in [0.4, 0.5) is 5.69 Å². The summed E-state index contributed by atoms with van der Waals surface area (Å²) >= 11 is 5.84. The van der Waals surface area contributed by atoms with Crippen LogP contribution in [-0.2, 0) is 18.4 Å². The molecule has 2 rings (SSSR count). The number of guanidine groups is 1. The van der Waals surface area contributed by atoms with Crippen molar-refractivity contribution in [3.05, 3.63) is 53.3 Å². The van der Waals surface area contributed by atoms with E-state index in [1.165, 1.54) is 5.69 Å². The molecule has 1 aromatic heterocycles. The number of anilines is 1. The van der Waals surface area contributed by atoms with E-state index in [0.717, 1.165) is 24.6 Å². The van der Waals surface area contributed by atoms with E-state index in [0.29, 0.717) is 18.0 Å². The second-order valence-electron chi connectivity index (χ2n) is 6.10. The zero-order valence-corrected chi connectivity index (χ0v) is 19.0.